The van der Waals surface area contributed by atoms with Crippen LogP contribution in [0, 0.1) is 0 Å². The monoisotopic (exact) mass is 269 g/mol. The summed E-state index contributed by atoms with van der Waals surface area (Å²) in [7, 11) is 0. The number of aromatic hydroxyl groups is 1. The molecule has 1 aromatic heterocycles. The van der Waals surface area contributed by atoms with Gasteiger partial charge in [0.2, 0.25) is 5.88 Å². The maximum atomic E-state index is 9.85. The second kappa shape index (κ2) is 5.21. The molecule has 3 rings (SSSR count). The van der Waals surface area contributed by atoms with Crippen molar-refractivity contribution in [1.29, 1.82) is 0 Å². The van der Waals surface area contributed by atoms with Gasteiger partial charge in [-0.2, -0.15) is 0 Å². The first kappa shape index (κ1) is 13.1. The summed E-state index contributed by atoms with van der Waals surface area (Å²) < 4.78 is 0. The number of fused-ring (bicyclic) bond motifs is 1. The van der Waals surface area contributed by atoms with Gasteiger partial charge in [-0.05, 0) is 25.8 Å². The molecule has 104 valence electrons. The van der Waals surface area contributed by atoms with Gasteiger partial charge in [0, 0.05) is 24.2 Å². The molecule has 1 aromatic carbocycles. The summed E-state index contributed by atoms with van der Waals surface area (Å²) in [5.41, 5.74) is 3.15. The van der Waals surface area contributed by atoms with Crippen LogP contribution in [0.4, 0.5) is 0 Å². The third-order valence-corrected chi connectivity index (χ3v) is 4.19. The van der Waals surface area contributed by atoms with Gasteiger partial charge in [0.25, 0.3) is 0 Å². The highest BCUT2D eigenvalue weighted by molar-refractivity contribution is 5.32. The third-order valence-electron chi connectivity index (χ3n) is 4.19. The Hall–Kier alpha value is -1.94. The van der Waals surface area contributed by atoms with Crippen LogP contribution in [0.25, 0.3) is 0 Å². The molecule has 0 radical (unpaired) electrons. The van der Waals surface area contributed by atoms with Crippen molar-refractivity contribution in [2.45, 2.75) is 38.9 Å². The van der Waals surface area contributed by atoms with Gasteiger partial charge in [-0.25, -0.2) is 9.97 Å². The van der Waals surface area contributed by atoms with Gasteiger partial charge in [-0.15, -0.1) is 0 Å². The summed E-state index contributed by atoms with van der Waals surface area (Å²) >= 11 is 0. The zero-order valence-electron chi connectivity index (χ0n) is 11.8. The van der Waals surface area contributed by atoms with Crippen molar-refractivity contribution in [3.8, 4) is 5.88 Å². The van der Waals surface area contributed by atoms with E-state index in [-0.39, 0.29) is 5.88 Å². The predicted molar refractivity (Wildman–Crippen MR) is 77.3 cm³/mol. The molecule has 0 aliphatic carbocycles. The second-order valence-electron chi connectivity index (χ2n) is 5.43. The fourth-order valence-electron chi connectivity index (χ4n) is 2.97. The van der Waals surface area contributed by atoms with Gasteiger partial charge < -0.3 is 5.11 Å². The number of hydrogen-bond acceptors (Lipinski definition) is 4. The maximum absolute atomic E-state index is 9.85. The Kier molecular flexibility index (Phi) is 3.40. The Labute approximate surface area is 119 Å². The molecule has 0 saturated heterocycles. The second-order valence-corrected chi connectivity index (χ2v) is 5.43. The smallest absolute Gasteiger partial charge is 0.217 e. The first-order valence-corrected chi connectivity index (χ1v) is 6.99. The van der Waals surface area contributed by atoms with Crippen molar-refractivity contribution >= 4 is 0 Å². The molecule has 1 aliphatic rings. The summed E-state index contributed by atoms with van der Waals surface area (Å²) in [5, 5.41) is 9.85. The van der Waals surface area contributed by atoms with Crippen LogP contribution in [0.1, 0.15) is 36.7 Å². The quantitative estimate of drug-likeness (QED) is 0.910. The molecular formula is C16H19N3O. The van der Waals surface area contributed by atoms with E-state index in [0.29, 0.717) is 12.1 Å². The molecule has 0 bridgehead atoms. The lowest BCUT2D eigenvalue weighted by Gasteiger charge is -2.38. The minimum absolute atomic E-state index is 0.133. The lowest BCUT2D eigenvalue weighted by Crippen LogP contribution is -2.40. The first-order valence-electron chi connectivity index (χ1n) is 6.99. The summed E-state index contributed by atoms with van der Waals surface area (Å²) in [4.78, 5) is 10.6. The zero-order valence-corrected chi connectivity index (χ0v) is 11.8. The lowest BCUT2D eigenvalue weighted by molar-refractivity contribution is 0.127. The predicted octanol–water partition coefficient (Wildman–Crippen LogP) is 2.69. The number of nitrogens with zero attached hydrogens (tertiary/aromatic N) is 3. The molecule has 0 spiro atoms. The molecule has 0 amide bonds. The van der Waals surface area contributed by atoms with Gasteiger partial charge in [0.1, 0.15) is 6.33 Å². The van der Waals surface area contributed by atoms with Gasteiger partial charge in [0.05, 0.1) is 5.69 Å². The van der Waals surface area contributed by atoms with E-state index in [2.05, 4.69) is 53.0 Å². The van der Waals surface area contributed by atoms with Crippen LogP contribution in [0.3, 0.4) is 0 Å². The molecular weight excluding hydrogens is 250 g/mol. The minimum atomic E-state index is 0.133. The van der Waals surface area contributed by atoms with Crippen molar-refractivity contribution in [1.82, 2.24) is 14.9 Å². The molecule has 1 N–H and O–H groups in total. The van der Waals surface area contributed by atoms with Crippen LogP contribution in [0.15, 0.2) is 36.7 Å². The molecule has 4 heteroatoms. The Morgan fingerprint density at radius 1 is 1.25 bits per heavy atom. The SMILES string of the molecule is CC1Cc2c(O)ncnc2CN1C(C)c1ccccc1. The van der Waals surface area contributed by atoms with Gasteiger partial charge >= 0.3 is 0 Å². The van der Waals surface area contributed by atoms with E-state index in [1.54, 1.807) is 0 Å². The van der Waals surface area contributed by atoms with Crippen LogP contribution < -0.4 is 0 Å². The van der Waals surface area contributed by atoms with Crippen molar-refractivity contribution < 1.29 is 5.11 Å². The molecule has 2 unspecified atom stereocenters. The van der Waals surface area contributed by atoms with Crippen molar-refractivity contribution in [2.75, 3.05) is 0 Å². The van der Waals surface area contributed by atoms with Gasteiger partial charge in [-0.1, -0.05) is 30.3 Å². The van der Waals surface area contributed by atoms with Crippen LogP contribution in [0.5, 0.6) is 5.88 Å². The summed E-state index contributed by atoms with van der Waals surface area (Å²) in [6, 6.07) is 11.2. The van der Waals surface area contributed by atoms with E-state index in [9.17, 15) is 5.11 Å². The minimum Gasteiger partial charge on any atom is -0.493 e. The first-order chi connectivity index (χ1) is 9.66. The molecule has 2 atom stereocenters. The topological polar surface area (TPSA) is 49.3 Å². The number of benzene rings is 1. The highest BCUT2D eigenvalue weighted by Crippen LogP contribution is 2.32. The molecule has 0 saturated carbocycles. The fraction of sp³-hybridized carbons (Fsp3) is 0.375. The zero-order chi connectivity index (χ0) is 14.1. The largest absolute Gasteiger partial charge is 0.493 e. The van der Waals surface area contributed by atoms with Crippen LogP contribution in [-0.4, -0.2) is 26.0 Å². The molecule has 2 aromatic rings. The number of aromatic nitrogens is 2. The molecule has 0 fully saturated rings. The summed E-state index contributed by atoms with van der Waals surface area (Å²) in [6.07, 6.45) is 2.23. The average Bonchev–Trinajstić information content (AvgIpc) is 2.48. The Morgan fingerprint density at radius 2 is 2.00 bits per heavy atom. The fourth-order valence-corrected chi connectivity index (χ4v) is 2.97. The highest BCUT2D eigenvalue weighted by Gasteiger charge is 2.29. The Balaban J connectivity index is 1.89. The van der Waals surface area contributed by atoms with Gasteiger partial charge in [-0.3, -0.25) is 4.90 Å². The molecule has 4 nitrogen and oxygen atoms in total. The van der Waals surface area contributed by atoms with Crippen LogP contribution >= 0.6 is 0 Å². The molecule has 2 heterocycles. The van der Waals surface area contributed by atoms with Gasteiger partial charge in [0.15, 0.2) is 0 Å². The number of rotatable bonds is 2. The van der Waals surface area contributed by atoms with E-state index >= 15 is 0 Å². The normalized spacial score (nSPS) is 20.4. The highest BCUT2D eigenvalue weighted by atomic mass is 16.3. The van der Waals surface area contributed by atoms with Crippen molar-refractivity contribution in [3.05, 3.63) is 53.5 Å². The maximum Gasteiger partial charge on any atom is 0.217 e. The van der Waals surface area contributed by atoms with Crippen molar-refractivity contribution in [3.63, 3.8) is 0 Å². The van der Waals surface area contributed by atoms with Crippen molar-refractivity contribution in [2.24, 2.45) is 0 Å². The van der Waals surface area contributed by atoms with E-state index in [0.717, 1.165) is 24.2 Å². The molecule has 1 aliphatic heterocycles. The standard InChI is InChI=1S/C16H19N3O/c1-11-8-14-15(17-10-18-16(14)20)9-19(11)12(2)13-6-4-3-5-7-13/h3-7,10-12H,8-9H2,1-2H3,(H,17,18,20). The van der Waals surface area contributed by atoms with E-state index < -0.39 is 0 Å². The average molecular weight is 269 g/mol. The summed E-state index contributed by atoms with van der Waals surface area (Å²) in [6.45, 7) is 5.16. The van der Waals surface area contributed by atoms with E-state index in [1.165, 1.54) is 11.9 Å². The lowest BCUT2D eigenvalue weighted by atomic mass is 9.96. The van der Waals surface area contributed by atoms with E-state index in [1.807, 2.05) is 6.07 Å². The Bertz CT molecular complexity index is 600. The molecule has 20 heavy (non-hydrogen) atoms. The summed E-state index contributed by atoms with van der Waals surface area (Å²) in [5.74, 6) is 0.133. The van der Waals surface area contributed by atoms with Crippen LogP contribution in [-0.2, 0) is 13.0 Å². The van der Waals surface area contributed by atoms with Crippen LogP contribution in [0.2, 0.25) is 0 Å². The van der Waals surface area contributed by atoms with E-state index in [4.69, 9.17) is 0 Å². The number of hydrogen-bond donors (Lipinski definition) is 1. The Morgan fingerprint density at radius 3 is 2.75 bits per heavy atom. The third kappa shape index (κ3) is 2.27.